The predicted molar refractivity (Wildman–Crippen MR) is 89.8 cm³/mol. The highest BCUT2D eigenvalue weighted by Crippen LogP contribution is 2.17. The highest BCUT2D eigenvalue weighted by Gasteiger charge is 2.14. The molecule has 122 valence electrons. The lowest BCUT2D eigenvalue weighted by atomic mass is 10.0. The van der Waals surface area contributed by atoms with Gasteiger partial charge in [-0.05, 0) is 38.0 Å². The number of pyridine rings is 1. The smallest absolute Gasteiger partial charge is 0.315 e. The van der Waals surface area contributed by atoms with E-state index < -0.39 is 6.10 Å². The normalized spacial score (nSPS) is 13.2. The van der Waals surface area contributed by atoms with Crippen molar-refractivity contribution in [1.82, 2.24) is 15.6 Å². The molecule has 2 unspecified atom stereocenters. The summed E-state index contributed by atoms with van der Waals surface area (Å²) in [6.07, 6.45) is -0.134. The second kappa shape index (κ2) is 8.29. The highest BCUT2D eigenvalue weighted by molar-refractivity contribution is 5.74. The number of aromatic nitrogens is 1. The van der Waals surface area contributed by atoms with Crippen LogP contribution in [0.15, 0.2) is 48.5 Å². The third-order valence-electron chi connectivity index (χ3n) is 3.51. The van der Waals surface area contributed by atoms with E-state index in [0.717, 1.165) is 17.0 Å². The average Bonchev–Trinajstić information content (AvgIpc) is 2.53. The van der Waals surface area contributed by atoms with Crippen LogP contribution < -0.4 is 10.6 Å². The minimum atomic E-state index is -0.593. The van der Waals surface area contributed by atoms with Gasteiger partial charge in [0.15, 0.2) is 0 Å². The number of carbonyl (C=O) groups is 1. The summed E-state index contributed by atoms with van der Waals surface area (Å²) in [4.78, 5) is 16.2. The number of hydrogen-bond donors (Lipinski definition) is 3. The van der Waals surface area contributed by atoms with Crippen LogP contribution in [-0.2, 0) is 6.54 Å². The Morgan fingerprint density at radius 2 is 1.91 bits per heavy atom. The number of rotatable bonds is 6. The lowest BCUT2D eigenvalue weighted by Gasteiger charge is -2.18. The van der Waals surface area contributed by atoms with Gasteiger partial charge in [0.1, 0.15) is 0 Å². The Morgan fingerprint density at radius 1 is 1.17 bits per heavy atom. The highest BCUT2D eigenvalue weighted by atomic mass is 16.3. The van der Waals surface area contributed by atoms with Crippen LogP contribution in [-0.4, -0.2) is 22.2 Å². The van der Waals surface area contributed by atoms with Crippen molar-refractivity contribution in [2.75, 3.05) is 0 Å². The van der Waals surface area contributed by atoms with Gasteiger partial charge in [0.2, 0.25) is 0 Å². The van der Waals surface area contributed by atoms with Crippen molar-refractivity contribution < 1.29 is 9.90 Å². The third-order valence-corrected chi connectivity index (χ3v) is 3.51. The molecule has 1 aromatic carbocycles. The zero-order valence-corrected chi connectivity index (χ0v) is 13.5. The van der Waals surface area contributed by atoms with Gasteiger partial charge in [0.25, 0.3) is 0 Å². The second-order valence-electron chi connectivity index (χ2n) is 5.66. The zero-order valence-electron chi connectivity index (χ0n) is 13.5. The van der Waals surface area contributed by atoms with E-state index in [1.54, 1.807) is 0 Å². The minimum absolute atomic E-state index is 0.143. The van der Waals surface area contributed by atoms with Crippen LogP contribution in [0.3, 0.4) is 0 Å². The monoisotopic (exact) mass is 313 g/mol. The summed E-state index contributed by atoms with van der Waals surface area (Å²) in [5, 5.41) is 15.8. The summed E-state index contributed by atoms with van der Waals surface area (Å²) in [6, 6.07) is 14.7. The molecule has 1 heterocycles. The third kappa shape index (κ3) is 5.71. The molecule has 2 amide bonds. The first-order valence-corrected chi connectivity index (χ1v) is 7.74. The number of nitrogens with zero attached hydrogens (tertiary/aromatic N) is 1. The fourth-order valence-electron chi connectivity index (χ4n) is 2.35. The molecule has 0 aliphatic carbocycles. The molecule has 0 aliphatic rings. The van der Waals surface area contributed by atoms with Gasteiger partial charge in [-0.1, -0.05) is 36.4 Å². The van der Waals surface area contributed by atoms with Crippen LogP contribution in [0.4, 0.5) is 4.79 Å². The summed E-state index contributed by atoms with van der Waals surface area (Å²) in [5.74, 6) is 0. The summed E-state index contributed by atoms with van der Waals surface area (Å²) in [7, 11) is 0. The number of carbonyl (C=O) groups excluding carboxylic acids is 1. The van der Waals surface area contributed by atoms with Crippen LogP contribution in [0.5, 0.6) is 0 Å². The summed E-state index contributed by atoms with van der Waals surface area (Å²) in [6.45, 7) is 4.16. The average molecular weight is 313 g/mol. The fraction of sp³-hybridized carbons (Fsp3) is 0.333. The maximum atomic E-state index is 11.9. The van der Waals surface area contributed by atoms with Gasteiger partial charge in [-0.25, -0.2) is 4.79 Å². The molecule has 2 aromatic rings. The molecule has 0 fully saturated rings. The van der Waals surface area contributed by atoms with Crippen LogP contribution in [0.2, 0.25) is 0 Å². The molecule has 0 saturated carbocycles. The SMILES string of the molecule is Cc1cccc(CNC(=O)NC(C)CC(O)c2ccccc2)n1. The summed E-state index contributed by atoms with van der Waals surface area (Å²) >= 11 is 0. The molecule has 0 radical (unpaired) electrons. The van der Waals surface area contributed by atoms with Crippen LogP contribution in [0.25, 0.3) is 0 Å². The van der Waals surface area contributed by atoms with Crippen LogP contribution in [0.1, 0.15) is 36.4 Å². The Bertz CT molecular complexity index is 631. The zero-order chi connectivity index (χ0) is 16.7. The Hall–Kier alpha value is -2.40. The molecule has 0 spiro atoms. The Kier molecular flexibility index (Phi) is 6.11. The van der Waals surface area contributed by atoms with E-state index >= 15 is 0 Å². The first-order valence-electron chi connectivity index (χ1n) is 7.74. The first kappa shape index (κ1) is 17.0. The number of aliphatic hydroxyl groups is 1. The van der Waals surface area contributed by atoms with Crippen molar-refractivity contribution in [3.05, 3.63) is 65.5 Å². The van der Waals surface area contributed by atoms with Crippen LogP contribution >= 0.6 is 0 Å². The number of urea groups is 1. The summed E-state index contributed by atoms with van der Waals surface area (Å²) in [5.41, 5.74) is 2.59. The minimum Gasteiger partial charge on any atom is -0.388 e. The van der Waals surface area contributed by atoms with Gasteiger partial charge in [0.05, 0.1) is 18.3 Å². The fourth-order valence-corrected chi connectivity index (χ4v) is 2.35. The van der Waals surface area contributed by atoms with Crippen molar-refractivity contribution in [3.8, 4) is 0 Å². The molecule has 5 heteroatoms. The first-order chi connectivity index (χ1) is 11.0. The predicted octanol–water partition coefficient (Wildman–Crippen LogP) is 2.70. The van der Waals surface area contributed by atoms with Crippen molar-refractivity contribution in [2.45, 2.75) is 39.0 Å². The number of nitrogens with one attached hydrogen (secondary N) is 2. The maximum absolute atomic E-state index is 11.9. The maximum Gasteiger partial charge on any atom is 0.315 e. The van der Waals surface area contributed by atoms with Gasteiger partial charge in [-0.2, -0.15) is 0 Å². The van der Waals surface area contributed by atoms with E-state index in [1.165, 1.54) is 0 Å². The molecule has 0 saturated heterocycles. The lowest BCUT2D eigenvalue weighted by molar-refractivity contribution is 0.154. The van der Waals surface area contributed by atoms with Gasteiger partial charge < -0.3 is 15.7 Å². The van der Waals surface area contributed by atoms with Crippen molar-refractivity contribution >= 4 is 6.03 Å². The number of benzene rings is 1. The molecular formula is C18H23N3O2. The Balaban J connectivity index is 1.76. The molecule has 0 bridgehead atoms. The Labute approximate surface area is 136 Å². The molecule has 23 heavy (non-hydrogen) atoms. The van der Waals surface area contributed by atoms with Crippen molar-refractivity contribution in [1.29, 1.82) is 0 Å². The molecule has 0 aliphatic heterocycles. The van der Waals surface area contributed by atoms with Gasteiger partial charge in [-0.15, -0.1) is 0 Å². The van der Waals surface area contributed by atoms with E-state index in [9.17, 15) is 9.90 Å². The lowest BCUT2D eigenvalue weighted by Crippen LogP contribution is -2.41. The van der Waals surface area contributed by atoms with Gasteiger partial charge >= 0.3 is 6.03 Å². The van der Waals surface area contributed by atoms with E-state index in [0.29, 0.717) is 13.0 Å². The van der Waals surface area contributed by atoms with Gasteiger partial charge in [-0.3, -0.25) is 4.98 Å². The molecule has 5 nitrogen and oxygen atoms in total. The largest absolute Gasteiger partial charge is 0.388 e. The molecule has 2 rings (SSSR count). The summed E-state index contributed by atoms with van der Waals surface area (Å²) < 4.78 is 0. The van der Waals surface area contributed by atoms with Gasteiger partial charge in [0, 0.05) is 11.7 Å². The molecular weight excluding hydrogens is 290 g/mol. The van der Waals surface area contributed by atoms with E-state index in [4.69, 9.17) is 0 Å². The molecule has 3 N–H and O–H groups in total. The van der Waals surface area contributed by atoms with Crippen LogP contribution in [0, 0.1) is 6.92 Å². The Morgan fingerprint density at radius 3 is 2.61 bits per heavy atom. The number of aliphatic hydroxyl groups excluding tert-OH is 1. The van der Waals surface area contributed by atoms with Crippen molar-refractivity contribution in [2.24, 2.45) is 0 Å². The number of aryl methyl sites for hydroxylation is 1. The quantitative estimate of drug-likeness (QED) is 0.767. The standard InChI is InChI=1S/C18H23N3O2/c1-13-7-6-10-16(20-13)12-19-18(23)21-14(2)11-17(22)15-8-4-3-5-9-15/h3-10,14,17,22H,11-12H2,1-2H3,(H2,19,21,23). The van der Waals surface area contributed by atoms with E-state index in [1.807, 2.05) is 62.4 Å². The second-order valence-corrected chi connectivity index (χ2v) is 5.66. The topological polar surface area (TPSA) is 74.2 Å². The number of amides is 2. The number of hydrogen-bond acceptors (Lipinski definition) is 3. The van der Waals surface area contributed by atoms with E-state index in [-0.39, 0.29) is 12.1 Å². The van der Waals surface area contributed by atoms with Crippen molar-refractivity contribution in [3.63, 3.8) is 0 Å². The molecule has 1 aromatic heterocycles. The van der Waals surface area contributed by atoms with E-state index in [2.05, 4.69) is 15.6 Å². The molecule has 2 atom stereocenters.